The molecule has 0 atom stereocenters. The van der Waals surface area contributed by atoms with E-state index < -0.39 is 0 Å². The molecule has 0 N–H and O–H groups in total. The third-order valence-corrected chi connectivity index (χ3v) is 3.63. The molecule has 21 heavy (non-hydrogen) atoms. The molecule has 0 fully saturated rings. The summed E-state index contributed by atoms with van der Waals surface area (Å²) < 4.78 is 12.6. The van der Waals surface area contributed by atoms with Gasteiger partial charge in [-0.25, -0.2) is 0 Å². The van der Waals surface area contributed by atoms with Crippen LogP contribution in [-0.2, 0) is 11.3 Å². The largest absolute Gasteiger partial charge is 0.493 e. The highest BCUT2D eigenvalue weighted by molar-refractivity contribution is 7.99. The molecule has 0 aliphatic carbocycles. The molecule has 2 rings (SSSR count). The van der Waals surface area contributed by atoms with Gasteiger partial charge in [-0.2, -0.15) is 5.26 Å². The summed E-state index contributed by atoms with van der Waals surface area (Å²) in [5.41, 5.74) is 0.628. The van der Waals surface area contributed by atoms with Gasteiger partial charge in [0.1, 0.15) is 12.1 Å². The fourth-order valence-electron chi connectivity index (χ4n) is 1.62. The molecule has 0 bridgehead atoms. The number of rotatable bonds is 8. The van der Waals surface area contributed by atoms with Crippen LogP contribution < -0.4 is 4.74 Å². The zero-order valence-corrected chi connectivity index (χ0v) is 12.5. The van der Waals surface area contributed by atoms with E-state index in [9.17, 15) is 0 Å². The predicted octanol–water partition coefficient (Wildman–Crippen LogP) is 1.97. The van der Waals surface area contributed by atoms with Crippen LogP contribution in [-0.4, -0.2) is 40.8 Å². The molecule has 2 aromatic rings. The Hall–Kier alpha value is -2.04. The normalized spacial score (nSPS) is 10.3. The molecular formula is C14H16N4O2S. The number of nitriles is 1. The molecule has 0 saturated carbocycles. The SMILES string of the molecule is COCCn1cnnc1SCCOc1ccc(C#N)cc1. The summed E-state index contributed by atoms with van der Waals surface area (Å²) in [6.07, 6.45) is 1.70. The third-order valence-electron chi connectivity index (χ3n) is 2.68. The lowest BCUT2D eigenvalue weighted by Gasteiger charge is -2.07. The average Bonchev–Trinajstić information content (AvgIpc) is 2.97. The molecular weight excluding hydrogens is 288 g/mol. The van der Waals surface area contributed by atoms with E-state index in [2.05, 4.69) is 16.3 Å². The van der Waals surface area contributed by atoms with Crippen molar-refractivity contribution in [2.45, 2.75) is 11.7 Å². The van der Waals surface area contributed by atoms with E-state index >= 15 is 0 Å². The standard InChI is InChI=1S/C14H16N4O2S/c1-19-7-6-18-11-16-17-14(18)21-9-8-20-13-4-2-12(10-15)3-5-13/h2-5,11H,6-9H2,1H3. The zero-order chi connectivity index (χ0) is 14.9. The first-order chi connectivity index (χ1) is 10.3. The molecule has 0 spiro atoms. The van der Waals surface area contributed by atoms with Gasteiger partial charge >= 0.3 is 0 Å². The molecule has 110 valence electrons. The number of methoxy groups -OCH3 is 1. The molecule has 0 radical (unpaired) electrons. The summed E-state index contributed by atoms with van der Waals surface area (Å²) in [6.45, 7) is 1.93. The van der Waals surface area contributed by atoms with Gasteiger partial charge in [-0.05, 0) is 24.3 Å². The maximum Gasteiger partial charge on any atom is 0.191 e. The molecule has 1 heterocycles. The molecule has 0 amide bonds. The summed E-state index contributed by atoms with van der Waals surface area (Å²) in [5.74, 6) is 1.53. The predicted molar refractivity (Wildman–Crippen MR) is 79.3 cm³/mol. The number of ether oxygens (including phenoxy) is 2. The van der Waals surface area contributed by atoms with Crippen molar-refractivity contribution in [3.63, 3.8) is 0 Å². The van der Waals surface area contributed by atoms with Gasteiger partial charge in [-0.3, -0.25) is 0 Å². The van der Waals surface area contributed by atoms with E-state index in [4.69, 9.17) is 14.7 Å². The number of benzene rings is 1. The Morgan fingerprint density at radius 1 is 1.29 bits per heavy atom. The van der Waals surface area contributed by atoms with Crippen molar-refractivity contribution in [1.29, 1.82) is 5.26 Å². The summed E-state index contributed by atoms with van der Waals surface area (Å²) in [5, 5.41) is 17.5. The monoisotopic (exact) mass is 304 g/mol. The number of aromatic nitrogens is 3. The molecule has 6 nitrogen and oxygen atoms in total. The Labute approximate surface area is 127 Å². The number of thioether (sulfide) groups is 1. The minimum atomic E-state index is 0.563. The summed E-state index contributed by atoms with van der Waals surface area (Å²) >= 11 is 1.59. The van der Waals surface area contributed by atoms with E-state index in [1.807, 2.05) is 4.57 Å². The van der Waals surface area contributed by atoms with Crippen LogP contribution in [0.3, 0.4) is 0 Å². The van der Waals surface area contributed by atoms with Crippen molar-refractivity contribution in [3.05, 3.63) is 36.2 Å². The Balaban J connectivity index is 1.74. The smallest absolute Gasteiger partial charge is 0.191 e. The van der Waals surface area contributed by atoms with Crippen LogP contribution in [0.5, 0.6) is 5.75 Å². The highest BCUT2D eigenvalue weighted by atomic mass is 32.2. The topological polar surface area (TPSA) is 73.0 Å². The highest BCUT2D eigenvalue weighted by Gasteiger charge is 2.04. The van der Waals surface area contributed by atoms with Gasteiger partial charge in [0.2, 0.25) is 0 Å². The lowest BCUT2D eigenvalue weighted by molar-refractivity contribution is 0.184. The number of nitrogens with zero attached hydrogens (tertiary/aromatic N) is 4. The molecule has 0 aliphatic rings. The van der Waals surface area contributed by atoms with Gasteiger partial charge in [0.05, 0.1) is 24.8 Å². The molecule has 0 unspecified atom stereocenters. The fraction of sp³-hybridized carbons (Fsp3) is 0.357. The summed E-state index contributed by atoms with van der Waals surface area (Å²) in [7, 11) is 1.67. The van der Waals surface area contributed by atoms with Crippen LogP contribution in [0.4, 0.5) is 0 Å². The van der Waals surface area contributed by atoms with E-state index in [1.165, 1.54) is 0 Å². The van der Waals surface area contributed by atoms with Crippen molar-refractivity contribution in [2.75, 3.05) is 26.1 Å². The lowest BCUT2D eigenvalue weighted by Crippen LogP contribution is -2.06. The first-order valence-electron chi connectivity index (χ1n) is 6.46. The first kappa shape index (κ1) is 15.4. The molecule has 0 aliphatic heterocycles. The minimum absolute atomic E-state index is 0.563. The fourth-order valence-corrected chi connectivity index (χ4v) is 2.38. The first-order valence-corrected chi connectivity index (χ1v) is 7.44. The van der Waals surface area contributed by atoms with Gasteiger partial charge in [-0.15, -0.1) is 10.2 Å². The van der Waals surface area contributed by atoms with Crippen LogP contribution in [0, 0.1) is 11.3 Å². The van der Waals surface area contributed by atoms with E-state index in [0.29, 0.717) is 18.8 Å². The molecule has 1 aromatic carbocycles. The summed E-state index contributed by atoms with van der Waals surface area (Å²) in [6, 6.07) is 9.15. The quantitative estimate of drug-likeness (QED) is 0.548. The third kappa shape index (κ3) is 4.77. The van der Waals surface area contributed by atoms with Gasteiger partial charge in [0.25, 0.3) is 0 Å². The highest BCUT2D eigenvalue weighted by Crippen LogP contribution is 2.16. The lowest BCUT2D eigenvalue weighted by atomic mass is 10.2. The van der Waals surface area contributed by atoms with Crippen LogP contribution in [0.15, 0.2) is 35.7 Å². The van der Waals surface area contributed by atoms with Gasteiger partial charge in [-0.1, -0.05) is 11.8 Å². The van der Waals surface area contributed by atoms with Gasteiger partial charge < -0.3 is 14.0 Å². The second-order valence-electron chi connectivity index (χ2n) is 4.13. The summed E-state index contributed by atoms with van der Waals surface area (Å²) in [4.78, 5) is 0. The van der Waals surface area contributed by atoms with Gasteiger partial charge in [0, 0.05) is 19.4 Å². The van der Waals surface area contributed by atoms with E-state index in [0.717, 1.165) is 23.2 Å². The van der Waals surface area contributed by atoms with Crippen molar-refractivity contribution in [1.82, 2.24) is 14.8 Å². The van der Waals surface area contributed by atoms with Crippen LogP contribution in [0.25, 0.3) is 0 Å². The van der Waals surface area contributed by atoms with Crippen molar-refractivity contribution in [2.24, 2.45) is 0 Å². The Morgan fingerprint density at radius 2 is 2.10 bits per heavy atom. The second kappa shape index (κ2) is 8.29. The minimum Gasteiger partial charge on any atom is -0.493 e. The van der Waals surface area contributed by atoms with Crippen molar-refractivity contribution < 1.29 is 9.47 Å². The Kier molecular flexibility index (Phi) is 6.06. The van der Waals surface area contributed by atoms with Gasteiger partial charge in [0.15, 0.2) is 5.16 Å². The Morgan fingerprint density at radius 3 is 2.81 bits per heavy atom. The van der Waals surface area contributed by atoms with E-state index in [-0.39, 0.29) is 0 Å². The maximum atomic E-state index is 8.72. The van der Waals surface area contributed by atoms with E-state index in [1.54, 1.807) is 49.5 Å². The molecule has 1 aromatic heterocycles. The van der Waals surface area contributed by atoms with Crippen LogP contribution >= 0.6 is 11.8 Å². The Bertz CT molecular complexity index is 592. The maximum absolute atomic E-state index is 8.72. The van der Waals surface area contributed by atoms with Crippen LogP contribution in [0.1, 0.15) is 5.56 Å². The molecule has 7 heteroatoms. The average molecular weight is 304 g/mol. The zero-order valence-electron chi connectivity index (χ0n) is 11.7. The number of hydrogen-bond donors (Lipinski definition) is 0. The van der Waals surface area contributed by atoms with Crippen molar-refractivity contribution in [3.8, 4) is 11.8 Å². The molecule has 0 saturated heterocycles. The van der Waals surface area contributed by atoms with Crippen LogP contribution in [0.2, 0.25) is 0 Å². The second-order valence-corrected chi connectivity index (χ2v) is 5.19. The number of hydrogen-bond acceptors (Lipinski definition) is 6. The van der Waals surface area contributed by atoms with Crippen molar-refractivity contribution >= 4 is 11.8 Å².